The maximum Gasteiger partial charge on any atom is 0.232 e. The number of anilines is 9. The highest BCUT2D eigenvalue weighted by Gasteiger charge is 2.53. The molecule has 0 atom stereocenters. The summed E-state index contributed by atoms with van der Waals surface area (Å²) < 4.78 is 0. The van der Waals surface area contributed by atoms with Crippen LogP contribution in [0.1, 0.15) is 393 Å². The van der Waals surface area contributed by atoms with Gasteiger partial charge >= 0.3 is 0 Å². The number of aromatic nitrogens is 9. The quantitative estimate of drug-likeness (QED) is 0.0333. The predicted molar refractivity (Wildman–Crippen MR) is 537 cm³/mol. The van der Waals surface area contributed by atoms with Crippen molar-refractivity contribution in [1.82, 2.24) is 71.4 Å². The van der Waals surface area contributed by atoms with Crippen LogP contribution in [0.25, 0.3) is 0 Å². The number of nitrogens with zero attached hydrogens (tertiary/aromatic N) is 18. The molecule has 5 saturated heterocycles. The Morgan fingerprint density at radius 2 is 0.368 bits per heavy atom. The van der Waals surface area contributed by atoms with Gasteiger partial charge in [0, 0.05) is 177 Å². The van der Waals surface area contributed by atoms with Crippen LogP contribution in [0.3, 0.4) is 0 Å². The maximum atomic E-state index is 6.14. The van der Waals surface area contributed by atoms with Crippen molar-refractivity contribution in [2.75, 3.05) is 168 Å². The number of nitrogens with one attached hydrogen (secondary N) is 5. The van der Waals surface area contributed by atoms with E-state index in [4.69, 9.17) is 44.9 Å². The molecule has 0 unspecified atom stereocenters. The lowest BCUT2D eigenvalue weighted by atomic mass is 9.66. The molecule has 0 aromatic carbocycles. The van der Waals surface area contributed by atoms with E-state index < -0.39 is 0 Å². The Labute approximate surface area is 767 Å². The summed E-state index contributed by atoms with van der Waals surface area (Å²) in [6.45, 7) is 87.5. The van der Waals surface area contributed by atoms with Crippen molar-refractivity contribution in [3.63, 3.8) is 0 Å². The summed E-state index contributed by atoms with van der Waals surface area (Å²) in [5.74, 6) is 7.66. The fraction of sp³-hybridized carbons (Fsp3) is 0.912. The van der Waals surface area contributed by atoms with E-state index in [0.717, 1.165) is 371 Å². The first kappa shape index (κ1) is 105. The second-order valence-electron chi connectivity index (χ2n) is 46.5. The van der Waals surface area contributed by atoms with E-state index in [1.54, 1.807) is 0 Å². The zero-order valence-electron chi connectivity index (χ0n) is 86.6. The van der Waals surface area contributed by atoms with Gasteiger partial charge in [0.05, 0.1) is 0 Å². The van der Waals surface area contributed by atoms with Crippen LogP contribution in [0.4, 0.5) is 53.5 Å². The molecule has 718 valence electrons. The van der Waals surface area contributed by atoms with E-state index in [1.165, 1.54) is 0 Å². The van der Waals surface area contributed by atoms with Gasteiger partial charge in [0.1, 0.15) is 0 Å². The van der Waals surface area contributed by atoms with Gasteiger partial charge in [-0.05, 0) is 197 Å². The molecule has 3 aromatic heterocycles. The Morgan fingerprint density at radius 3 is 0.568 bits per heavy atom. The fourth-order valence-electron chi connectivity index (χ4n) is 23.7. The van der Waals surface area contributed by atoms with Crippen LogP contribution in [-0.4, -0.2) is 222 Å². The van der Waals surface area contributed by atoms with Crippen molar-refractivity contribution < 1.29 is 0 Å². The summed E-state index contributed by atoms with van der Waals surface area (Å²) >= 11 is 0. The standard InChI is InChI=1S/C102H195N23/c1-30-39-56-117(57-40-31-2)84-106-85(118(58-41-32-3)59-42-33-4)109-90(108-84)124(82-95(14,15)75-104-76-96(82,16)17)67-54-50-48-52-65-121(79-69-99(22,23)115-100(24,25)70-79)88-112-89(114-92(113-88)123(64-47-38-9)81-93(10,11)73-103-74-94(81,12)13)122(80-71-101(26,27)116-102(28,29)72-80)66-53-49-51-55-68-125(83-97(18,19)77-105-78-98(83,20)21)91-110-86(119(60-43-34-5)61-44-35-6)107-87(111-91)120(62-45-36-7)63-46-37-8/h79-83,103-105,115-116H,30-78H2,1-29H3. The summed E-state index contributed by atoms with van der Waals surface area (Å²) in [5.41, 5.74) is -0.902. The van der Waals surface area contributed by atoms with Gasteiger partial charge in [-0.15, -0.1) is 0 Å². The van der Waals surface area contributed by atoms with Crippen LogP contribution in [-0.2, 0) is 0 Å². The van der Waals surface area contributed by atoms with Gasteiger partial charge in [0.15, 0.2) is 0 Å². The van der Waals surface area contributed by atoms with Gasteiger partial charge in [-0.3, -0.25) is 0 Å². The van der Waals surface area contributed by atoms with Crippen molar-refractivity contribution in [2.24, 2.45) is 32.5 Å². The number of rotatable bonds is 55. The normalized spacial score (nSPS) is 20.3. The SMILES string of the molecule is CCCCN(CCCC)c1nc(N(CCCC)CCCC)nc(N(CCCCCCN(c2nc(N(CCCCCCN(c3nc(N(CCCC)CCCC)nc(N(CCCC)CCCC)n3)C3C(C)(C)CNCC3(C)C)C3CC(C)(C)NC(C)(C)C3)nc(N(CCCC)C3C(C)(C)CNCC3(C)C)n2)C2CC(C)(C)NC(C)(C)C2)C2C(C)(C)CNCC2(C)C)n1. The number of hydrogen-bond donors (Lipinski definition) is 5. The van der Waals surface area contributed by atoms with Gasteiger partial charge < -0.3 is 70.7 Å². The molecular weight excluding hydrogens is 1550 g/mol. The van der Waals surface area contributed by atoms with Crippen molar-refractivity contribution in [2.45, 2.75) is 446 Å². The van der Waals surface area contributed by atoms with Crippen LogP contribution in [0.5, 0.6) is 0 Å². The molecule has 5 N–H and O–H groups in total. The van der Waals surface area contributed by atoms with E-state index in [-0.39, 0.29) is 84.9 Å². The van der Waals surface area contributed by atoms with Crippen molar-refractivity contribution in [3.8, 4) is 0 Å². The molecule has 8 heterocycles. The van der Waals surface area contributed by atoms with E-state index in [0.29, 0.717) is 0 Å². The molecule has 5 aliphatic heterocycles. The van der Waals surface area contributed by atoms with Gasteiger partial charge in [-0.2, -0.15) is 44.9 Å². The number of piperidine rings is 5. The molecule has 3 aromatic rings. The lowest BCUT2D eigenvalue weighted by Crippen LogP contribution is -2.64. The summed E-state index contributed by atoms with van der Waals surface area (Å²) in [6, 6.07) is 0.903. The second-order valence-corrected chi connectivity index (χ2v) is 46.5. The molecule has 0 saturated carbocycles. The molecule has 8 rings (SSSR count). The largest absolute Gasteiger partial charge is 0.341 e. The average molecular weight is 1740 g/mol. The lowest BCUT2D eigenvalue weighted by Gasteiger charge is -2.54. The Bertz CT molecular complexity index is 3220. The van der Waals surface area contributed by atoms with Crippen molar-refractivity contribution >= 4 is 53.5 Å². The van der Waals surface area contributed by atoms with E-state index in [9.17, 15) is 0 Å². The monoisotopic (exact) mass is 1740 g/mol. The summed E-state index contributed by atoms with van der Waals surface area (Å²) in [4.78, 5) is 75.7. The van der Waals surface area contributed by atoms with E-state index >= 15 is 0 Å². The third-order valence-electron chi connectivity index (χ3n) is 28.4. The summed E-state index contributed by atoms with van der Waals surface area (Å²) in [6.07, 6.45) is 32.3. The molecule has 5 aliphatic rings. The minimum Gasteiger partial charge on any atom is -0.341 e. The first-order valence-corrected chi connectivity index (χ1v) is 51.8. The third-order valence-corrected chi connectivity index (χ3v) is 28.4. The zero-order valence-corrected chi connectivity index (χ0v) is 86.6. The van der Waals surface area contributed by atoms with E-state index in [1.807, 2.05) is 0 Å². The minimum atomic E-state index is -0.125. The molecule has 0 aliphatic carbocycles. The molecular formula is C102H195N23. The van der Waals surface area contributed by atoms with Crippen LogP contribution in [0.15, 0.2) is 0 Å². The fourth-order valence-corrected chi connectivity index (χ4v) is 23.7. The maximum absolute atomic E-state index is 6.14. The molecule has 23 nitrogen and oxygen atoms in total. The molecule has 125 heavy (non-hydrogen) atoms. The predicted octanol–water partition coefficient (Wildman–Crippen LogP) is 20.9. The van der Waals surface area contributed by atoms with Crippen molar-refractivity contribution in [3.05, 3.63) is 0 Å². The Morgan fingerprint density at radius 1 is 0.208 bits per heavy atom. The minimum absolute atomic E-state index is 0.0593. The van der Waals surface area contributed by atoms with Gasteiger partial charge in [0.2, 0.25) is 53.5 Å². The van der Waals surface area contributed by atoms with Crippen molar-refractivity contribution in [1.29, 1.82) is 0 Å². The highest BCUT2D eigenvalue weighted by molar-refractivity contribution is 5.53. The number of unbranched alkanes of at least 4 members (excludes halogenated alkanes) is 15. The van der Waals surface area contributed by atoms with Crippen LogP contribution >= 0.6 is 0 Å². The van der Waals surface area contributed by atoms with Crippen LogP contribution < -0.4 is 70.7 Å². The van der Waals surface area contributed by atoms with Crippen LogP contribution in [0.2, 0.25) is 0 Å². The smallest absolute Gasteiger partial charge is 0.232 e. The average Bonchev–Trinajstić information content (AvgIpc) is 0.759. The first-order valence-electron chi connectivity index (χ1n) is 51.8. The lowest BCUT2D eigenvalue weighted by molar-refractivity contribution is 0.0864. The zero-order chi connectivity index (χ0) is 91.8. The van der Waals surface area contributed by atoms with Gasteiger partial charge in [-0.25, -0.2) is 0 Å². The molecule has 0 radical (unpaired) electrons. The molecule has 0 bridgehead atoms. The highest BCUT2D eigenvalue weighted by atomic mass is 15.4. The topological polar surface area (TPSA) is 205 Å². The Kier molecular flexibility index (Phi) is 40.0. The van der Waals surface area contributed by atoms with E-state index in [2.05, 4.69) is 271 Å². The highest BCUT2D eigenvalue weighted by Crippen LogP contribution is 2.48. The summed E-state index contributed by atoms with van der Waals surface area (Å²) in [7, 11) is 0. The third kappa shape index (κ3) is 30.0. The Balaban J connectivity index is 1.22. The molecule has 23 heteroatoms. The van der Waals surface area contributed by atoms with Gasteiger partial charge in [0.25, 0.3) is 0 Å². The first-order chi connectivity index (χ1) is 59.0. The molecule has 5 fully saturated rings. The summed E-state index contributed by atoms with van der Waals surface area (Å²) in [5, 5.41) is 20.0. The molecule has 0 spiro atoms. The Hall–Kier alpha value is -4.97. The van der Waals surface area contributed by atoms with Gasteiger partial charge in [-0.1, -0.05) is 229 Å². The van der Waals surface area contributed by atoms with Crippen LogP contribution in [0, 0.1) is 32.5 Å². The second kappa shape index (κ2) is 47.4. The molecule has 0 amide bonds. The number of hydrogen-bond acceptors (Lipinski definition) is 23.